The maximum Gasteiger partial charge on any atom is 0.0553 e. The minimum Gasteiger partial charge on any atom is -0.309 e. The summed E-state index contributed by atoms with van der Waals surface area (Å²) in [4.78, 5) is 0. The minimum absolute atomic E-state index is 1.13. The van der Waals surface area contributed by atoms with Crippen molar-refractivity contribution in [2.75, 3.05) is 0 Å². The lowest BCUT2D eigenvalue weighted by Gasteiger charge is -2.20. The largest absolute Gasteiger partial charge is 0.309 e. The number of rotatable bonds is 10. The van der Waals surface area contributed by atoms with Gasteiger partial charge in [0.2, 0.25) is 0 Å². The zero-order valence-electron chi connectivity index (χ0n) is 80.4. The van der Waals surface area contributed by atoms with Crippen LogP contribution in [0.3, 0.4) is 0 Å². The molecule has 0 saturated carbocycles. The lowest BCUT2D eigenvalue weighted by molar-refractivity contribution is 1.18. The SMILES string of the molecule is c1cc(-c2c3ccccc3cc3ccccc23)cc(-n2c3ccc4ccccc4c3c3c4ccccc4ccc32)c1.c1ccc(-c2c3ccccc3c(-c3cccc(-n4c5cc(-c6ccccc6)c6ccccc6c5c5c6ccccc6c(-c6ccccc6)cc54)c3)c3ccccc23)cc1.c1ccc(-c2c3ccccc3c(-c3ccccc3-n3c4ccc5ccccc5c4c4c5ccccc5ccc43)c3ccccc23)cc1. The molecule has 3 heteroatoms. The number of fused-ring (bicyclic) bond motifs is 27. The van der Waals surface area contributed by atoms with Gasteiger partial charge >= 0.3 is 0 Å². The molecule has 28 aromatic carbocycles. The zero-order valence-corrected chi connectivity index (χ0v) is 80.4. The lowest BCUT2D eigenvalue weighted by atomic mass is 9.85. The Balaban J connectivity index is 0.000000106. The molecule has 31 rings (SSSR count). The van der Waals surface area contributed by atoms with Crippen molar-refractivity contribution in [3.8, 4) is 95.0 Å². The first-order valence-electron chi connectivity index (χ1n) is 50.9. The summed E-state index contributed by atoms with van der Waals surface area (Å²) < 4.78 is 7.50. The standard InChI is InChI=1S/C58H37N.C46H29N.C40H25N/c1-4-19-38(20-5-1)51-36-53-57(45-29-12-10-27-43(45)51)58-46-30-13-11-28-44(46)52(39-21-6-2-7-22-39)37-54(58)59(53)42-26-18-25-41(35-42)56-49-33-16-14-31-47(49)55(40-23-8-3-9-24-40)48-32-15-17-34-50(48)56;1-2-16-32(17-3-1)43-35-20-8-10-22-37(35)44(38-23-11-9-21-36(38)43)39-24-12-13-25-40(39)47-41-28-26-30-14-4-6-18-33(30)45(41)46-34-19-7-5-15-31(34)27-29-42(46)47;1-5-16-32-26(10-1)20-22-36-39(32)40-33-17-6-2-11-27(33)21-23-37(40)41(36)31-15-9-14-30(25-31)38-34-18-7-3-12-28(34)24-29-13-4-8-19-35(29)38/h1-37H;1-29H;1-25H. The van der Waals surface area contributed by atoms with Crippen LogP contribution in [0, 0.1) is 0 Å². The van der Waals surface area contributed by atoms with Crippen LogP contribution in [0.25, 0.3) is 290 Å². The molecule has 31 aromatic rings. The van der Waals surface area contributed by atoms with Crippen molar-refractivity contribution in [2.45, 2.75) is 0 Å². The monoisotopic (exact) mass is 1860 g/mol. The van der Waals surface area contributed by atoms with E-state index in [9.17, 15) is 0 Å². The summed E-state index contributed by atoms with van der Waals surface area (Å²) >= 11 is 0. The van der Waals surface area contributed by atoms with Gasteiger partial charge in [-0.2, -0.15) is 0 Å². The summed E-state index contributed by atoms with van der Waals surface area (Å²) in [6.45, 7) is 0. The molecular weight excluding hydrogens is 1770 g/mol. The topological polar surface area (TPSA) is 14.8 Å². The Bertz CT molecular complexity index is 10300. The maximum atomic E-state index is 2.54. The van der Waals surface area contributed by atoms with Crippen molar-refractivity contribution in [3.05, 3.63) is 552 Å². The van der Waals surface area contributed by atoms with Crippen molar-refractivity contribution >= 4 is 195 Å². The van der Waals surface area contributed by atoms with Crippen LogP contribution in [0.5, 0.6) is 0 Å². The lowest BCUT2D eigenvalue weighted by Crippen LogP contribution is -1.99. The minimum atomic E-state index is 1.13. The van der Waals surface area contributed by atoms with Crippen LogP contribution in [-0.2, 0) is 0 Å². The summed E-state index contributed by atoms with van der Waals surface area (Å²) in [5, 5.41) is 38.2. The molecule has 0 aliphatic heterocycles. The molecule has 0 radical (unpaired) electrons. The van der Waals surface area contributed by atoms with E-state index in [-0.39, 0.29) is 0 Å². The van der Waals surface area contributed by atoms with Crippen LogP contribution in [0.15, 0.2) is 552 Å². The third kappa shape index (κ3) is 13.7. The molecule has 3 aromatic heterocycles. The molecule has 0 saturated heterocycles. The van der Waals surface area contributed by atoms with E-state index >= 15 is 0 Å². The highest BCUT2D eigenvalue weighted by molar-refractivity contribution is 6.35. The van der Waals surface area contributed by atoms with Crippen LogP contribution >= 0.6 is 0 Å². The van der Waals surface area contributed by atoms with Crippen LogP contribution in [0.4, 0.5) is 0 Å². The molecule has 0 spiro atoms. The quantitative estimate of drug-likeness (QED) is 0.121. The van der Waals surface area contributed by atoms with Gasteiger partial charge in [0.15, 0.2) is 0 Å². The molecule has 0 N–H and O–H groups in total. The molecule has 0 aliphatic carbocycles. The predicted molar refractivity (Wildman–Crippen MR) is 630 cm³/mol. The van der Waals surface area contributed by atoms with E-state index in [1.165, 1.54) is 284 Å². The number of para-hydroxylation sites is 1. The number of hydrogen-bond acceptors (Lipinski definition) is 0. The molecule has 3 nitrogen and oxygen atoms in total. The number of nitrogens with zero attached hydrogens (tertiary/aromatic N) is 3. The van der Waals surface area contributed by atoms with Crippen molar-refractivity contribution in [1.29, 1.82) is 0 Å². The van der Waals surface area contributed by atoms with Crippen molar-refractivity contribution in [1.82, 2.24) is 13.7 Å². The summed E-state index contributed by atoms with van der Waals surface area (Å²) in [6, 6.07) is 203. The Labute approximate surface area is 849 Å². The van der Waals surface area contributed by atoms with E-state index < -0.39 is 0 Å². The normalized spacial score (nSPS) is 11.8. The molecule has 0 aliphatic rings. The highest BCUT2D eigenvalue weighted by atomic mass is 15.0. The Hall–Kier alpha value is -19.3. The van der Waals surface area contributed by atoms with Gasteiger partial charge in [-0.3, -0.25) is 0 Å². The van der Waals surface area contributed by atoms with Gasteiger partial charge in [-0.1, -0.05) is 479 Å². The van der Waals surface area contributed by atoms with E-state index in [4.69, 9.17) is 0 Å². The Morgan fingerprint density at radius 2 is 0.347 bits per heavy atom. The van der Waals surface area contributed by atoms with Gasteiger partial charge in [-0.15, -0.1) is 0 Å². The van der Waals surface area contributed by atoms with Crippen LogP contribution in [-0.4, -0.2) is 13.7 Å². The number of hydrogen-bond donors (Lipinski definition) is 0. The number of benzene rings is 28. The predicted octanol–water partition coefficient (Wildman–Crippen LogP) is 39.9. The van der Waals surface area contributed by atoms with E-state index in [1.807, 2.05) is 0 Å². The highest BCUT2D eigenvalue weighted by Crippen LogP contribution is 2.53. The molecule has 0 fully saturated rings. The average Bonchev–Trinajstić information content (AvgIpc) is 1.57. The van der Waals surface area contributed by atoms with E-state index in [2.05, 4.69) is 566 Å². The maximum absolute atomic E-state index is 2.54. The smallest absolute Gasteiger partial charge is 0.0553 e. The summed E-state index contributed by atoms with van der Waals surface area (Å²) in [5.41, 5.74) is 28.1. The van der Waals surface area contributed by atoms with Gasteiger partial charge in [0.05, 0.1) is 38.8 Å². The Morgan fingerprint density at radius 1 is 0.109 bits per heavy atom. The summed E-state index contributed by atoms with van der Waals surface area (Å²) in [5.74, 6) is 0. The fourth-order valence-corrected chi connectivity index (χ4v) is 24.8. The van der Waals surface area contributed by atoms with Gasteiger partial charge in [-0.25, -0.2) is 0 Å². The second kappa shape index (κ2) is 34.8. The van der Waals surface area contributed by atoms with E-state index in [1.54, 1.807) is 0 Å². The zero-order chi connectivity index (χ0) is 96.7. The van der Waals surface area contributed by atoms with E-state index in [0.29, 0.717) is 0 Å². The van der Waals surface area contributed by atoms with Gasteiger partial charge in [0, 0.05) is 49.3 Å². The summed E-state index contributed by atoms with van der Waals surface area (Å²) in [6.07, 6.45) is 0. The van der Waals surface area contributed by atoms with Gasteiger partial charge in [-0.05, 0) is 274 Å². The second-order valence-electron chi connectivity index (χ2n) is 38.9. The highest BCUT2D eigenvalue weighted by Gasteiger charge is 2.29. The molecule has 682 valence electrons. The Morgan fingerprint density at radius 3 is 0.701 bits per heavy atom. The van der Waals surface area contributed by atoms with Gasteiger partial charge in [0.1, 0.15) is 0 Å². The first kappa shape index (κ1) is 84.5. The third-order valence-electron chi connectivity index (χ3n) is 31.0. The molecule has 147 heavy (non-hydrogen) atoms. The van der Waals surface area contributed by atoms with Crippen LogP contribution in [0.2, 0.25) is 0 Å². The molecule has 0 atom stereocenters. The second-order valence-corrected chi connectivity index (χ2v) is 38.9. The van der Waals surface area contributed by atoms with Crippen LogP contribution < -0.4 is 0 Å². The van der Waals surface area contributed by atoms with Gasteiger partial charge < -0.3 is 13.7 Å². The number of aromatic nitrogens is 3. The van der Waals surface area contributed by atoms with E-state index in [0.717, 1.165) is 5.69 Å². The fourth-order valence-electron chi connectivity index (χ4n) is 24.8. The molecular formula is C144H91N3. The van der Waals surface area contributed by atoms with Crippen LogP contribution in [0.1, 0.15) is 0 Å². The summed E-state index contributed by atoms with van der Waals surface area (Å²) in [7, 11) is 0. The van der Waals surface area contributed by atoms with Gasteiger partial charge in [0.25, 0.3) is 0 Å². The fraction of sp³-hybridized carbons (Fsp3) is 0. The van der Waals surface area contributed by atoms with Crippen molar-refractivity contribution in [2.24, 2.45) is 0 Å². The third-order valence-corrected chi connectivity index (χ3v) is 31.0. The van der Waals surface area contributed by atoms with Crippen molar-refractivity contribution in [3.63, 3.8) is 0 Å². The molecule has 0 amide bonds. The van der Waals surface area contributed by atoms with Crippen molar-refractivity contribution < 1.29 is 0 Å². The molecule has 0 unspecified atom stereocenters. The first-order valence-corrected chi connectivity index (χ1v) is 50.9. The average molecular weight is 1860 g/mol. The first-order chi connectivity index (χ1) is 73.0. The Kier molecular flexibility index (Phi) is 20.0. The molecule has 0 bridgehead atoms. The molecule has 3 heterocycles.